The van der Waals surface area contributed by atoms with Crippen molar-refractivity contribution in [3.63, 3.8) is 0 Å². The molecule has 1 atom stereocenters. The van der Waals surface area contributed by atoms with Crippen LogP contribution < -0.4 is 11.5 Å². The molecule has 0 aliphatic heterocycles. The number of primary amides is 1. The topological polar surface area (TPSA) is 106 Å². The summed E-state index contributed by atoms with van der Waals surface area (Å²) in [6, 6.07) is 5.70. The van der Waals surface area contributed by atoms with E-state index in [1.54, 1.807) is 12.1 Å². The first kappa shape index (κ1) is 11.2. The third-order valence-corrected chi connectivity index (χ3v) is 2.02. The van der Waals surface area contributed by atoms with Crippen molar-refractivity contribution in [2.75, 3.05) is 0 Å². The Balaban J connectivity index is 2.79. The number of carbonyl (C=O) groups excluding carboxylic acids is 1. The molecule has 0 heterocycles. The van der Waals surface area contributed by atoms with Crippen LogP contribution in [0.25, 0.3) is 0 Å². The molecule has 1 aromatic carbocycles. The number of amides is 1. The highest BCUT2D eigenvalue weighted by molar-refractivity contribution is 5.92. The van der Waals surface area contributed by atoms with E-state index in [0.29, 0.717) is 11.1 Å². The largest absolute Gasteiger partial charge is 0.481 e. The average Bonchev–Trinajstić information content (AvgIpc) is 2.17. The molecule has 1 aromatic rings. The van der Waals surface area contributed by atoms with Crippen LogP contribution in [0, 0.1) is 0 Å². The van der Waals surface area contributed by atoms with E-state index in [2.05, 4.69) is 0 Å². The van der Waals surface area contributed by atoms with Crippen LogP contribution >= 0.6 is 0 Å². The normalized spacial score (nSPS) is 12.1. The molecule has 0 aliphatic carbocycles. The van der Waals surface area contributed by atoms with E-state index < -0.39 is 17.9 Å². The summed E-state index contributed by atoms with van der Waals surface area (Å²) >= 11 is 0. The molecule has 15 heavy (non-hydrogen) atoms. The monoisotopic (exact) mass is 208 g/mol. The number of aliphatic carboxylic acids is 1. The molecule has 0 saturated carbocycles. The minimum absolute atomic E-state index is 0.143. The molecule has 0 fully saturated rings. The van der Waals surface area contributed by atoms with Crippen molar-refractivity contribution in [1.29, 1.82) is 0 Å². The van der Waals surface area contributed by atoms with Gasteiger partial charge in [0, 0.05) is 11.6 Å². The van der Waals surface area contributed by atoms with Crippen molar-refractivity contribution in [1.82, 2.24) is 0 Å². The molecule has 0 bridgehead atoms. The number of carboxylic acid groups (broad SMARTS) is 1. The van der Waals surface area contributed by atoms with E-state index in [1.807, 2.05) is 0 Å². The van der Waals surface area contributed by atoms with Crippen LogP contribution in [0.1, 0.15) is 28.4 Å². The number of benzene rings is 1. The molecule has 0 saturated heterocycles. The van der Waals surface area contributed by atoms with Gasteiger partial charge in [0.2, 0.25) is 5.91 Å². The predicted octanol–water partition coefficient (Wildman–Crippen LogP) is 0.260. The molecule has 0 spiro atoms. The zero-order valence-electron chi connectivity index (χ0n) is 8.01. The third-order valence-electron chi connectivity index (χ3n) is 2.02. The van der Waals surface area contributed by atoms with Gasteiger partial charge in [-0.3, -0.25) is 9.59 Å². The average molecular weight is 208 g/mol. The first-order valence-electron chi connectivity index (χ1n) is 4.38. The fourth-order valence-electron chi connectivity index (χ4n) is 1.20. The van der Waals surface area contributed by atoms with Gasteiger partial charge in [-0.2, -0.15) is 0 Å². The minimum atomic E-state index is -0.957. The summed E-state index contributed by atoms with van der Waals surface area (Å²) in [7, 11) is 0. The van der Waals surface area contributed by atoms with Gasteiger partial charge >= 0.3 is 5.97 Å². The summed E-state index contributed by atoms with van der Waals surface area (Å²) < 4.78 is 0. The Morgan fingerprint density at radius 1 is 1.27 bits per heavy atom. The molecule has 5 nitrogen and oxygen atoms in total. The number of nitrogens with two attached hydrogens (primary N) is 2. The highest BCUT2D eigenvalue weighted by Crippen LogP contribution is 2.14. The molecule has 0 aromatic heterocycles. The standard InChI is InChI=1S/C10H12N2O3/c11-8(5-9(13)14)6-1-3-7(4-2-6)10(12)15/h1-4,8H,5,11H2,(H2,12,15)(H,13,14). The Morgan fingerprint density at radius 3 is 2.20 bits per heavy atom. The summed E-state index contributed by atoms with van der Waals surface area (Å²) in [5, 5.41) is 8.53. The minimum Gasteiger partial charge on any atom is -0.481 e. The lowest BCUT2D eigenvalue weighted by molar-refractivity contribution is -0.137. The van der Waals surface area contributed by atoms with E-state index in [0.717, 1.165) is 0 Å². The van der Waals surface area contributed by atoms with Gasteiger partial charge in [-0.05, 0) is 17.7 Å². The second kappa shape index (κ2) is 4.56. The highest BCUT2D eigenvalue weighted by Gasteiger charge is 2.10. The third kappa shape index (κ3) is 3.07. The Kier molecular flexibility index (Phi) is 3.41. The van der Waals surface area contributed by atoms with Gasteiger partial charge in [-0.15, -0.1) is 0 Å². The fraction of sp³-hybridized carbons (Fsp3) is 0.200. The Hall–Kier alpha value is -1.88. The number of hydrogen-bond donors (Lipinski definition) is 3. The van der Waals surface area contributed by atoms with Gasteiger partial charge in [-0.1, -0.05) is 12.1 Å². The summed E-state index contributed by atoms with van der Waals surface area (Å²) in [5.41, 5.74) is 11.7. The van der Waals surface area contributed by atoms with E-state index in [-0.39, 0.29) is 6.42 Å². The number of carboxylic acids is 1. The molecule has 80 valence electrons. The lowest BCUT2D eigenvalue weighted by Crippen LogP contribution is -2.16. The second-order valence-electron chi connectivity index (χ2n) is 3.19. The van der Waals surface area contributed by atoms with Crippen molar-refractivity contribution in [2.45, 2.75) is 12.5 Å². The Morgan fingerprint density at radius 2 is 1.80 bits per heavy atom. The van der Waals surface area contributed by atoms with Gasteiger partial charge in [0.15, 0.2) is 0 Å². The Bertz CT molecular complexity index is 373. The molecule has 1 unspecified atom stereocenters. The van der Waals surface area contributed by atoms with Crippen LogP contribution in [-0.2, 0) is 4.79 Å². The van der Waals surface area contributed by atoms with Gasteiger partial charge in [0.05, 0.1) is 6.42 Å². The molecular formula is C10H12N2O3. The maximum absolute atomic E-state index is 10.8. The number of carbonyl (C=O) groups is 2. The first-order chi connectivity index (χ1) is 7.00. The first-order valence-corrected chi connectivity index (χ1v) is 4.38. The maximum Gasteiger partial charge on any atom is 0.305 e. The molecule has 5 heteroatoms. The molecule has 1 amide bonds. The van der Waals surface area contributed by atoms with Crippen molar-refractivity contribution in [2.24, 2.45) is 11.5 Å². The maximum atomic E-state index is 10.8. The van der Waals surface area contributed by atoms with Crippen molar-refractivity contribution in [3.05, 3.63) is 35.4 Å². The summed E-state index contributed by atoms with van der Waals surface area (Å²) in [5.74, 6) is -1.48. The highest BCUT2D eigenvalue weighted by atomic mass is 16.4. The lowest BCUT2D eigenvalue weighted by atomic mass is 10.0. The van der Waals surface area contributed by atoms with Crippen LogP contribution in [0.2, 0.25) is 0 Å². The van der Waals surface area contributed by atoms with Gasteiger partial charge in [0.1, 0.15) is 0 Å². The summed E-state index contributed by atoms with van der Waals surface area (Å²) in [4.78, 5) is 21.2. The smallest absolute Gasteiger partial charge is 0.305 e. The SMILES string of the molecule is NC(=O)c1ccc(C(N)CC(=O)O)cc1. The Labute approximate surface area is 86.7 Å². The molecule has 5 N–H and O–H groups in total. The zero-order valence-corrected chi connectivity index (χ0v) is 8.01. The molecule has 0 radical (unpaired) electrons. The van der Waals surface area contributed by atoms with E-state index in [9.17, 15) is 9.59 Å². The van der Waals surface area contributed by atoms with Gasteiger partial charge in [-0.25, -0.2) is 0 Å². The summed E-state index contributed by atoms with van der Waals surface area (Å²) in [6.45, 7) is 0. The van der Waals surface area contributed by atoms with Crippen LogP contribution in [0.4, 0.5) is 0 Å². The molecule has 1 rings (SSSR count). The zero-order chi connectivity index (χ0) is 11.4. The number of rotatable bonds is 4. The fourth-order valence-corrected chi connectivity index (χ4v) is 1.20. The van der Waals surface area contributed by atoms with Crippen LogP contribution in [0.5, 0.6) is 0 Å². The van der Waals surface area contributed by atoms with Crippen LogP contribution in [-0.4, -0.2) is 17.0 Å². The van der Waals surface area contributed by atoms with Crippen molar-refractivity contribution < 1.29 is 14.7 Å². The summed E-state index contributed by atoms with van der Waals surface area (Å²) in [6.07, 6.45) is -0.143. The molecular weight excluding hydrogens is 196 g/mol. The van der Waals surface area contributed by atoms with Crippen molar-refractivity contribution in [3.8, 4) is 0 Å². The second-order valence-corrected chi connectivity index (χ2v) is 3.19. The van der Waals surface area contributed by atoms with Crippen LogP contribution in [0.15, 0.2) is 24.3 Å². The number of hydrogen-bond acceptors (Lipinski definition) is 3. The predicted molar refractivity (Wildman–Crippen MR) is 54.1 cm³/mol. The lowest BCUT2D eigenvalue weighted by Gasteiger charge is -2.09. The van der Waals surface area contributed by atoms with E-state index in [1.165, 1.54) is 12.1 Å². The van der Waals surface area contributed by atoms with Gasteiger partial charge in [0.25, 0.3) is 0 Å². The van der Waals surface area contributed by atoms with E-state index in [4.69, 9.17) is 16.6 Å². The quantitative estimate of drug-likeness (QED) is 0.659. The van der Waals surface area contributed by atoms with E-state index >= 15 is 0 Å². The van der Waals surface area contributed by atoms with Crippen molar-refractivity contribution >= 4 is 11.9 Å². The molecule has 0 aliphatic rings. The van der Waals surface area contributed by atoms with Gasteiger partial charge < -0.3 is 16.6 Å². The van der Waals surface area contributed by atoms with Crippen LogP contribution in [0.3, 0.4) is 0 Å².